The predicted octanol–water partition coefficient (Wildman–Crippen LogP) is 4.15. The van der Waals surface area contributed by atoms with E-state index in [4.69, 9.17) is 4.74 Å². The molecular formula is C25H26F2N4O3S. The molecule has 2 aromatic carbocycles. The van der Waals surface area contributed by atoms with Crippen LogP contribution in [0.4, 0.5) is 14.6 Å². The maximum atomic E-state index is 15.4. The minimum Gasteiger partial charge on any atom is -0.376 e. The summed E-state index contributed by atoms with van der Waals surface area (Å²) in [4.78, 5) is 8.15. The van der Waals surface area contributed by atoms with E-state index < -0.39 is 32.4 Å². The number of ether oxygens (including phenoxy) is 1. The lowest BCUT2D eigenvalue weighted by molar-refractivity contribution is -0.0466. The molecule has 2 aliphatic rings. The van der Waals surface area contributed by atoms with Crippen LogP contribution >= 0.6 is 0 Å². The van der Waals surface area contributed by atoms with Gasteiger partial charge in [0.15, 0.2) is 0 Å². The number of nitrogens with zero attached hydrogens (tertiary/aromatic N) is 3. The molecule has 1 N–H and O–H groups in total. The Morgan fingerprint density at radius 2 is 1.89 bits per heavy atom. The minimum atomic E-state index is -3.77. The van der Waals surface area contributed by atoms with Gasteiger partial charge in [0, 0.05) is 36.1 Å². The Morgan fingerprint density at radius 3 is 2.54 bits per heavy atom. The van der Waals surface area contributed by atoms with Gasteiger partial charge in [-0.3, -0.25) is 4.98 Å². The molecule has 2 saturated heterocycles. The van der Waals surface area contributed by atoms with Gasteiger partial charge in [0.2, 0.25) is 10.0 Å². The molecular weight excluding hydrogens is 474 g/mol. The molecule has 2 atom stereocenters. The van der Waals surface area contributed by atoms with E-state index in [9.17, 15) is 8.42 Å². The highest BCUT2D eigenvalue weighted by Gasteiger charge is 2.44. The Kier molecular flexibility index (Phi) is 6.29. The summed E-state index contributed by atoms with van der Waals surface area (Å²) in [5.41, 5.74) is -0.186. The molecule has 0 aliphatic carbocycles. The first-order valence-corrected chi connectivity index (χ1v) is 13.0. The van der Waals surface area contributed by atoms with Crippen molar-refractivity contribution in [3.8, 4) is 0 Å². The molecule has 0 saturated carbocycles. The second-order valence-corrected chi connectivity index (χ2v) is 11.2. The van der Waals surface area contributed by atoms with Crippen LogP contribution < -0.4 is 5.32 Å². The van der Waals surface area contributed by atoms with Crippen LogP contribution in [0.25, 0.3) is 0 Å². The number of hydrogen-bond donors (Lipinski definition) is 1. The summed E-state index contributed by atoms with van der Waals surface area (Å²) in [5.74, 6) is -0.888. The standard InChI is InChI=1S/C25H26F2N4O3S/c1-17-7-8-23(18-5-3-2-4-6-18)35(32,33)31(17)14-19-11-22(27)20(12-21(19)26)25(15-34-16-25)30-24-13-28-9-10-29-24/h2-6,9-13,17,23H,7-8,14-16H2,1H3,(H,29,30)/t17-,23+/m0/s1. The third-order valence-corrected chi connectivity index (χ3v) is 9.17. The van der Waals surface area contributed by atoms with E-state index in [1.54, 1.807) is 31.2 Å². The van der Waals surface area contributed by atoms with E-state index >= 15 is 8.78 Å². The first-order chi connectivity index (χ1) is 16.8. The Balaban J connectivity index is 1.43. The fraction of sp³-hybridized carbons (Fsp3) is 0.360. The van der Waals surface area contributed by atoms with E-state index in [0.29, 0.717) is 24.2 Å². The fourth-order valence-corrected chi connectivity index (χ4v) is 6.99. The summed E-state index contributed by atoms with van der Waals surface area (Å²) >= 11 is 0. The Labute approximate surface area is 203 Å². The highest BCUT2D eigenvalue weighted by molar-refractivity contribution is 7.89. The number of anilines is 1. The number of aromatic nitrogens is 2. The summed E-state index contributed by atoms with van der Waals surface area (Å²) in [6.45, 7) is 1.83. The van der Waals surface area contributed by atoms with Crippen molar-refractivity contribution in [3.63, 3.8) is 0 Å². The first-order valence-electron chi connectivity index (χ1n) is 11.5. The molecule has 3 aromatic rings. The van der Waals surface area contributed by atoms with Crippen molar-refractivity contribution in [3.05, 3.63) is 89.4 Å². The van der Waals surface area contributed by atoms with Gasteiger partial charge in [-0.1, -0.05) is 30.3 Å². The van der Waals surface area contributed by atoms with Crippen LogP contribution in [0.15, 0.2) is 61.1 Å². The van der Waals surface area contributed by atoms with Crippen molar-refractivity contribution in [2.75, 3.05) is 18.5 Å². The zero-order valence-electron chi connectivity index (χ0n) is 19.2. The molecule has 0 unspecified atom stereocenters. The summed E-state index contributed by atoms with van der Waals surface area (Å²) in [5, 5.41) is 2.40. The van der Waals surface area contributed by atoms with E-state index in [-0.39, 0.29) is 36.9 Å². The smallest absolute Gasteiger partial charge is 0.221 e. The van der Waals surface area contributed by atoms with E-state index in [0.717, 1.165) is 12.1 Å². The zero-order chi connectivity index (χ0) is 24.6. The van der Waals surface area contributed by atoms with Crippen LogP contribution in [0.1, 0.15) is 41.7 Å². The molecule has 1 aromatic heterocycles. The number of benzene rings is 2. The second-order valence-electron chi connectivity index (χ2n) is 9.13. The van der Waals surface area contributed by atoms with E-state index in [1.165, 1.54) is 22.9 Å². The van der Waals surface area contributed by atoms with Gasteiger partial charge in [0.25, 0.3) is 0 Å². The van der Waals surface area contributed by atoms with Gasteiger partial charge in [0.1, 0.15) is 28.2 Å². The van der Waals surface area contributed by atoms with Crippen molar-refractivity contribution in [1.82, 2.24) is 14.3 Å². The monoisotopic (exact) mass is 500 g/mol. The van der Waals surface area contributed by atoms with E-state index in [1.807, 2.05) is 6.07 Å². The van der Waals surface area contributed by atoms with Crippen molar-refractivity contribution in [1.29, 1.82) is 0 Å². The average molecular weight is 501 g/mol. The number of sulfonamides is 1. The summed E-state index contributed by atoms with van der Waals surface area (Å²) < 4.78 is 64.3. The summed E-state index contributed by atoms with van der Waals surface area (Å²) in [6, 6.07) is 10.9. The molecule has 5 rings (SSSR count). The topological polar surface area (TPSA) is 84.4 Å². The van der Waals surface area contributed by atoms with Crippen LogP contribution in [0, 0.1) is 11.6 Å². The lowest BCUT2D eigenvalue weighted by Gasteiger charge is -2.43. The number of nitrogens with one attached hydrogen (secondary N) is 1. The van der Waals surface area contributed by atoms with Crippen LogP contribution in [-0.4, -0.2) is 41.9 Å². The molecule has 0 radical (unpaired) electrons. The molecule has 7 nitrogen and oxygen atoms in total. The van der Waals surface area contributed by atoms with Crippen molar-refractivity contribution in [2.45, 2.75) is 43.1 Å². The highest BCUT2D eigenvalue weighted by atomic mass is 32.2. The Bertz CT molecular complexity index is 1310. The van der Waals surface area contributed by atoms with Crippen LogP contribution in [0.3, 0.4) is 0 Å². The first kappa shape index (κ1) is 23.8. The van der Waals surface area contributed by atoms with Gasteiger partial charge in [0.05, 0.1) is 19.4 Å². The molecule has 0 bridgehead atoms. The van der Waals surface area contributed by atoms with Gasteiger partial charge in [-0.15, -0.1) is 0 Å². The molecule has 2 aliphatic heterocycles. The molecule has 35 heavy (non-hydrogen) atoms. The van der Waals surface area contributed by atoms with Gasteiger partial charge in [-0.2, -0.15) is 4.31 Å². The molecule has 0 spiro atoms. The Hall–Kier alpha value is -2.95. The van der Waals surface area contributed by atoms with Gasteiger partial charge >= 0.3 is 0 Å². The third kappa shape index (κ3) is 4.41. The average Bonchev–Trinajstić information content (AvgIpc) is 2.82. The number of halogens is 2. The molecule has 0 amide bonds. The normalized spacial score (nSPS) is 23.4. The fourth-order valence-electron chi connectivity index (χ4n) is 4.81. The van der Waals surface area contributed by atoms with Crippen molar-refractivity contribution in [2.24, 2.45) is 0 Å². The second kappa shape index (κ2) is 9.25. The highest BCUT2D eigenvalue weighted by Crippen LogP contribution is 2.39. The molecule has 2 fully saturated rings. The quantitative estimate of drug-likeness (QED) is 0.548. The van der Waals surface area contributed by atoms with Crippen LogP contribution in [-0.2, 0) is 26.8 Å². The van der Waals surface area contributed by atoms with Gasteiger partial charge < -0.3 is 10.1 Å². The SMILES string of the molecule is C[C@H]1CC[C@H](c2ccccc2)S(=O)(=O)N1Cc1cc(F)c(C2(Nc3cnccn3)COC2)cc1F. The summed E-state index contributed by atoms with van der Waals surface area (Å²) in [7, 11) is -3.77. The van der Waals surface area contributed by atoms with Gasteiger partial charge in [-0.05, 0) is 37.5 Å². The zero-order valence-corrected chi connectivity index (χ0v) is 20.0. The predicted molar refractivity (Wildman–Crippen MR) is 127 cm³/mol. The van der Waals surface area contributed by atoms with Gasteiger partial charge in [-0.25, -0.2) is 22.2 Å². The van der Waals surface area contributed by atoms with Crippen LogP contribution in [0.2, 0.25) is 0 Å². The van der Waals surface area contributed by atoms with E-state index in [2.05, 4.69) is 15.3 Å². The van der Waals surface area contributed by atoms with Crippen molar-refractivity contribution >= 4 is 15.8 Å². The molecule has 3 heterocycles. The largest absolute Gasteiger partial charge is 0.376 e. The third-order valence-electron chi connectivity index (χ3n) is 6.80. The maximum absolute atomic E-state index is 15.4. The number of hydrogen-bond acceptors (Lipinski definition) is 6. The molecule has 10 heteroatoms. The van der Waals surface area contributed by atoms with Crippen molar-refractivity contribution < 1.29 is 21.9 Å². The summed E-state index contributed by atoms with van der Waals surface area (Å²) in [6.07, 6.45) is 5.62. The lowest BCUT2D eigenvalue weighted by atomic mass is 9.86. The molecule has 184 valence electrons. The number of rotatable bonds is 6. The minimum absolute atomic E-state index is 0.00900. The maximum Gasteiger partial charge on any atom is 0.221 e. The Morgan fingerprint density at radius 1 is 1.11 bits per heavy atom. The lowest BCUT2D eigenvalue weighted by Crippen LogP contribution is -2.53. The van der Waals surface area contributed by atoms with Crippen LogP contribution in [0.5, 0.6) is 0 Å².